The standard InChI is InChI=1S/C12H17FN2/c1-8(2)7-11(15-14)10-6-4-5-9(3)12(10)13/h4-6,11,15H,1,7,14H2,2-3H3. The van der Waals surface area contributed by atoms with Crippen LogP contribution in [0.25, 0.3) is 0 Å². The van der Waals surface area contributed by atoms with Crippen LogP contribution in [0.4, 0.5) is 4.39 Å². The summed E-state index contributed by atoms with van der Waals surface area (Å²) in [6.07, 6.45) is 0.636. The molecular weight excluding hydrogens is 191 g/mol. The summed E-state index contributed by atoms with van der Waals surface area (Å²) >= 11 is 0. The first kappa shape index (κ1) is 11.9. The van der Waals surface area contributed by atoms with Crippen molar-refractivity contribution >= 4 is 0 Å². The smallest absolute Gasteiger partial charge is 0.130 e. The minimum Gasteiger partial charge on any atom is -0.271 e. The van der Waals surface area contributed by atoms with Gasteiger partial charge in [0.25, 0.3) is 0 Å². The Bertz CT molecular complexity index is 361. The van der Waals surface area contributed by atoms with E-state index in [0.717, 1.165) is 5.57 Å². The topological polar surface area (TPSA) is 38.0 Å². The first-order valence-electron chi connectivity index (χ1n) is 4.91. The lowest BCUT2D eigenvalue weighted by molar-refractivity contribution is 0.506. The van der Waals surface area contributed by atoms with E-state index in [-0.39, 0.29) is 11.9 Å². The fraction of sp³-hybridized carbons (Fsp3) is 0.333. The Hall–Kier alpha value is -1.19. The van der Waals surface area contributed by atoms with Crippen molar-refractivity contribution in [3.05, 3.63) is 47.3 Å². The highest BCUT2D eigenvalue weighted by atomic mass is 19.1. The van der Waals surface area contributed by atoms with Crippen LogP contribution in [0, 0.1) is 12.7 Å². The van der Waals surface area contributed by atoms with E-state index in [0.29, 0.717) is 17.5 Å². The summed E-state index contributed by atoms with van der Waals surface area (Å²) in [6.45, 7) is 7.45. The Kier molecular flexibility index (Phi) is 4.00. The molecule has 1 unspecified atom stereocenters. The highest BCUT2D eigenvalue weighted by Gasteiger charge is 2.15. The van der Waals surface area contributed by atoms with E-state index in [1.54, 1.807) is 19.1 Å². The highest BCUT2D eigenvalue weighted by molar-refractivity contribution is 5.28. The number of nitrogens with two attached hydrogens (primary N) is 1. The molecule has 1 atom stereocenters. The molecule has 0 aromatic heterocycles. The van der Waals surface area contributed by atoms with Gasteiger partial charge in [-0.3, -0.25) is 11.3 Å². The molecule has 0 saturated heterocycles. The normalized spacial score (nSPS) is 12.5. The Morgan fingerprint density at radius 1 is 1.60 bits per heavy atom. The number of aryl methyl sites for hydroxylation is 1. The van der Waals surface area contributed by atoms with Crippen LogP contribution in [0.1, 0.15) is 30.5 Å². The van der Waals surface area contributed by atoms with Crippen LogP contribution in [-0.4, -0.2) is 0 Å². The molecular formula is C12H17FN2. The number of hydrogen-bond donors (Lipinski definition) is 2. The van der Waals surface area contributed by atoms with Crippen LogP contribution in [0.15, 0.2) is 30.4 Å². The van der Waals surface area contributed by atoms with Gasteiger partial charge in [-0.25, -0.2) is 4.39 Å². The lowest BCUT2D eigenvalue weighted by Gasteiger charge is -2.17. The zero-order valence-electron chi connectivity index (χ0n) is 9.18. The van der Waals surface area contributed by atoms with Gasteiger partial charge in [-0.15, -0.1) is 6.58 Å². The van der Waals surface area contributed by atoms with Crippen LogP contribution in [0.5, 0.6) is 0 Å². The fourth-order valence-electron chi connectivity index (χ4n) is 1.55. The molecule has 0 aliphatic carbocycles. The van der Waals surface area contributed by atoms with Crippen molar-refractivity contribution < 1.29 is 4.39 Å². The van der Waals surface area contributed by atoms with Gasteiger partial charge in [-0.2, -0.15) is 0 Å². The lowest BCUT2D eigenvalue weighted by atomic mass is 9.98. The van der Waals surface area contributed by atoms with Gasteiger partial charge in [0, 0.05) is 5.56 Å². The molecule has 1 aromatic rings. The zero-order valence-corrected chi connectivity index (χ0v) is 9.18. The number of hydrazine groups is 1. The van der Waals surface area contributed by atoms with Crippen LogP contribution in [0.2, 0.25) is 0 Å². The maximum Gasteiger partial charge on any atom is 0.130 e. The monoisotopic (exact) mass is 208 g/mol. The van der Waals surface area contributed by atoms with Gasteiger partial charge in [0.2, 0.25) is 0 Å². The minimum absolute atomic E-state index is 0.193. The third-order valence-corrected chi connectivity index (χ3v) is 2.35. The van der Waals surface area contributed by atoms with E-state index < -0.39 is 0 Å². The summed E-state index contributed by atoms with van der Waals surface area (Å²) in [4.78, 5) is 0. The van der Waals surface area contributed by atoms with Gasteiger partial charge in [0.05, 0.1) is 6.04 Å². The van der Waals surface area contributed by atoms with Crippen molar-refractivity contribution in [3.8, 4) is 0 Å². The van der Waals surface area contributed by atoms with E-state index in [9.17, 15) is 4.39 Å². The summed E-state index contributed by atoms with van der Waals surface area (Å²) in [5, 5.41) is 0. The summed E-state index contributed by atoms with van der Waals surface area (Å²) in [5.74, 6) is 5.22. The second-order valence-corrected chi connectivity index (χ2v) is 3.86. The number of benzene rings is 1. The maximum absolute atomic E-state index is 13.8. The van der Waals surface area contributed by atoms with E-state index in [1.165, 1.54) is 0 Å². The highest BCUT2D eigenvalue weighted by Crippen LogP contribution is 2.23. The third-order valence-electron chi connectivity index (χ3n) is 2.35. The lowest BCUT2D eigenvalue weighted by Crippen LogP contribution is -2.29. The van der Waals surface area contributed by atoms with Gasteiger partial charge >= 0.3 is 0 Å². The molecule has 3 N–H and O–H groups in total. The first-order chi connectivity index (χ1) is 7.06. The van der Waals surface area contributed by atoms with Crippen molar-refractivity contribution in [2.24, 2.45) is 5.84 Å². The molecule has 1 aromatic carbocycles. The van der Waals surface area contributed by atoms with Crippen molar-refractivity contribution in [3.63, 3.8) is 0 Å². The number of hydrogen-bond acceptors (Lipinski definition) is 2. The predicted octanol–water partition coefficient (Wildman–Crippen LogP) is 2.60. The first-order valence-corrected chi connectivity index (χ1v) is 4.91. The number of rotatable bonds is 4. The molecule has 0 aliphatic heterocycles. The molecule has 3 heteroatoms. The zero-order chi connectivity index (χ0) is 11.4. The van der Waals surface area contributed by atoms with E-state index in [4.69, 9.17) is 5.84 Å². The Morgan fingerprint density at radius 3 is 2.80 bits per heavy atom. The molecule has 0 amide bonds. The SMILES string of the molecule is C=C(C)CC(NN)c1cccc(C)c1F. The quantitative estimate of drug-likeness (QED) is 0.453. The molecule has 2 nitrogen and oxygen atoms in total. The van der Waals surface area contributed by atoms with Gasteiger partial charge in [0.15, 0.2) is 0 Å². The Balaban J connectivity index is 3.01. The molecule has 0 fully saturated rings. The average molecular weight is 208 g/mol. The summed E-state index contributed by atoms with van der Waals surface area (Å²) in [6, 6.07) is 5.11. The van der Waals surface area contributed by atoms with Crippen molar-refractivity contribution in [2.75, 3.05) is 0 Å². The minimum atomic E-state index is -0.206. The molecule has 0 spiro atoms. The predicted molar refractivity (Wildman–Crippen MR) is 60.6 cm³/mol. The van der Waals surface area contributed by atoms with Gasteiger partial charge in [-0.05, 0) is 25.8 Å². The molecule has 0 bridgehead atoms. The van der Waals surface area contributed by atoms with Crippen molar-refractivity contribution in [1.29, 1.82) is 0 Å². The third kappa shape index (κ3) is 2.88. The fourth-order valence-corrected chi connectivity index (χ4v) is 1.55. The van der Waals surface area contributed by atoms with Crippen molar-refractivity contribution in [1.82, 2.24) is 5.43 Å². The van der Waals surface area contributed by atoms with Crippen molar-refractivity contribution in [2.45, 2.75) is 26.3 Å². The molecule has 0 heterocycles. The molecule has 82 valence electrons. The number of halogens is 1. The molecule has 0 saturated carbocycles. The van der Waals surface area contributed by atoms with E-state index >= 15 is 0 Å². The van der Waals surface area contributed by atoms with Crippen LogP contribution < -0.4 is 11.3 Å². The van der Waals surface area contributed by atoms with E-state index in [2.05, 4.69) is 12.0 Å². The summed E-state index contributed by atoms with van der Waals surface area (Å²) in [5.41, 5.74) is 4.82. The van der Waals surface area contributed by atoms with Gasteiger partial charge in [-0.1, -0.05) is 23.8 Å². The molecule has 15 heavy (non-hydrogen) atoms. The second-order valence-electron chi connectivity index (χ2n) is 3.86. The van der Waals surface area contributed by atoms with Gasteiger partial charge < -0.3 is 0 Å². The Morgan fingerprint density at radius 2 is 2.27 bits per heavy atom. The van der Waals surface area contributed by atoms with Crippen LogP contribution in [-0.2, 0) is 0 Å². The summed E-state index contributed by atoms with van der Waals surface area (Å²) < 4.78 is 13.8. The molecule has 0 radical (unpaired) electrons. The van der Waals surface area contributed by atoms with Crippen LogP contribution in [0.3, 0.4) is 0 Å². The molecule has 0 aliphatic rings. The maximum atomic E-state index is 13.8. The average Bonchev–Trinajstić information content (AvgIpc) is 2.19. The van der Waals surface area contributed by atoms with Gasteiger partial charge in [0.1, 0.15) is 5.82 Å². The van der Waals surface area contributed by atoms with E-state index in [1.807, 2.05) is 13.0 Å². The Labute approximate surface area is 90.0 Å². The molecule has 1 rings (SSSR count). The van der Waals surface area contributed by atoms with Crippen LogP contribution >= 0.6 is 0 Å². The largest absolute Gasteiger partial charge is 0.271 e. The summed E-state index contributed by atoms with van der Waals surface area (Å²) in [7, 11) is 0. The second kappa shape index (κ2) is 5.05. The number of nitrogens with one attached hydrogen (secondary N) is 1.